The van der Waals surface area contributed by atoms with Gasteiger partial charge in [-0.1, -0.05) is 60.7 Å². The monoisotopic (exact) mass is 502 g/mol. The molecule has 0 aliphatic rings. The SMILES string of the molecule is CCOC(=O)[C@@H](OC(=O)[C@H](OC)c1ccccc1)[C@H](OC(=O)[C@H](OC)c1ccccc1)C(=O)OCC. The van der Waals surface area contributed by atoms with Crippen molar-refractivity contribution in [3.05, 3.63) is 71.8 Å². The zero-order valence-corrected chi connectivity index (χ0v) is 20.6. The summed E-state index contributed by atoms with van der Waals surface area (Å²) in [5, 5.41) is 0. The van der Waals surface area contributed by atoms with Crippen molar-refractivity contribution in [2.24, 2.45) is 0 Å². The van der Waals surface area contributed by atoms with Crippen LogP contribution in [-0.4, -0.2) is 63.5 Å². The van der Waals surface area contributed by atoms with Crippen LogP contribution in [0.3, 0.4) is 0 Å². The summed E-state index contributed by atoms with van der Waals surface area (Å²) in [6.45, 7) is 2.88. The van der Waals surface area contributed by atoms with Crippen LogP contribution in [0.15, 0.2) is 60.7 Å². The molecule has 0 saturated carbocycles. The third kappa shape index (κ3) is 7.62. The molecule has 0 aromatic heterocycles. The maximum Gasteiger partial charge on any atom is 0.352 e. The lowest BCUT2D eigenvalue weighted by Gasteiger charge is -2.26. The van der Waals surface area contributed by atoms with Crippen LogP contribution < -0.4 is 0 Å². The van der Waals surface area contributed by atoms with E-state index in [0.717, 1.165) is 0 Å². The first-order chi connectivity index (χ1) is 17.4. The first-order valence-corrected chi connectivity index (χ1v) is 11.3. The highest BCUT2D eigenvalue weighted by molar-refractivity contribution is 5.90. The fourth-order valence-electron chi connectivity index (χ4n) is 3.28. The summed E-state index contributed by atoms with van der Waals surface area (Å²) in [5.41, 5.74) is 0.890. The summed E-state index contributed by atoms with van der Waals surface area (Å²) in [6.07, 6.45) is -6.37. The molecule has 2 rings (SSSR count). The second-order valence-corrected chi connectivity index (χ2v) is 7.27. The first kappa shape index (κ1) is 28.5. The number of rotatable bonds is 13. The second-order valence-electron chi connectivity index (χ2n) is 7.27. The average Bonchev–Trinajstić information content (AvgIpc) is 2.88. The molecule has 0 heterocycles. The topological polar surface area (TPSA) is 124 Å². The van der Waals surface area contributed by atoms with Gasteiger partial charge < -0.3 is 28.4 Å². The van der Waals surface area contributed by atoms with E-state index in [0.29, 0.717) is 11.1 Å². The second kappa shape index (κ2) is 14.6. The lowest BCUT2D eigenvalue weighted by Crippen LogP contribution is -2.48. The normalized spacial score (nSPS) is 14.0. The number of methoxy groups -OCH3 is 2. The molecule has 10 heteroatoms. The van der Waals surface area contributed by atoms with Crippen LogP contribution in [0.1, 0.15) is 37.2 Å². The Morgan fingerprint density at radius 2 is 0.917 bits per heavy atom. The summed E-state index contributed by atoms with van der Waals surface area (Å²) in [5.74, 6) is -4.21. The van der Waals surface area contributed by atoms with Gasteiger partial charge in [0.15, 0.2) is 12.2 Å². The summed E-state index contributed by atoms with van der Waals surface area (Å²) >= 11 is 0. The van der Waals surface area contributed by atoms with Crippen molar-refractivity contribution < 1.29 is 47.6 Å². The molecule has 0 spiro atoms. The molecule has 0 fully saturated rings. The molecular weight excluding hydrogens is 472 g/mol. The highest BCUT2D eigenvalue weighted by atomic mass is 16.7. The van der Waals surface area contributed by atoms with Crippen LogP contribution in [0.2, 0.25) is 0 Å². The van der Waals surface area contributed by atoms with Crippen molar-refractivity contribution in [3.63, 3.8) is 0 Å². The van der Waals surface area contributed by atoms with E-state index in [2.05, 4.69) is 0 Å². The van der Waals surface area contributed by atoms with Gasteiger partial charge in [-0.3, -0.25) is 0 Å². The summed E-state index contributed by atoms with van der Waals surface area (Å²) in [7, 11) is 2.56. The lowest BCUT2D eigenvalue weighted by molar-refractivity contribution is -0.198. The van der Waals surface area contributed by atoms with Crippen LogP contribution in [-0.2, 0) is 47.6 Å². The Balaban J connectivity index is 2.38. The Bertz CT molecular complexity index is 911. The van der Waals surface area contributed by atoms with Crippen molar-refractivity contribution >= 4 is 23.9 Å². The van der Waals surface area contributed by atoms with E-state index < -0.39 is 48.3 Å². The van der Waals surface area contributed by atoms with Crippen LogP contribution in [0.4, 0.5) is 0 Å². The fourth-order valence-corrected chi connectivity index (χ4v) is 3.28. The van der Waals surface area contributed by atoms with Gasteiger partial charge in [-0.05, 0) is 25.0 Å². The number of benzene rings is 2. The van der Waals surface area contributed by atoms with E-state index in [4.69, 9.17) is 28.4 Å². The van der Waals surface area contributed by atoms with Crippen molar-refractivity contribution in [1.82, 2.24) is 0 Å². The van der Waals surface area contributed by atoms with Gasteiger partial charge in [-0.15, -0.1) is 0 Å². The molecule has 2 aromatic rings. The maximum absolute atomic E-state index is 13.0. The van der Waals surface area contributed by atoms with Gasteiger partial charge in [0.05, 0.1) is 13.2 Å². The van der Waals surface area contributed by atoms with E-state index in [1.165, 1.54) is 28.1 Å². The molecule has 36 heavy (non-hydrogen) atoms. The van der Waals surface area contributed by atoms with Gasteiger partial charge >= 0.3 is 23.9 Å². The van der Waals surface area contributed by atoms with Crippen molar-refractivity contribution in [1.29, 1.82) is 0 Å². The Kier molecular flexibility index (Phi) is 11.5. The predicted molar refractivity (Wildman–Crippen MR) is 125 cm³/mol. The molecule has 0 aliphatic heterocycles. The van der Waals surface area contributed by atoms with E-state index in [1.54, 1.807) is 60.7 Å². The van der Waals surface area contributed by atoms with Crippen LogP contribution >= 0.6 is 0 Å². The third-order valence-corrected chi connectivity index (χ3v) is 4.90. The molecule has 0 saturated heterocycles. The Labute approximate surface area is 209 Å². The zero-order valence-electron chi connectivity index (χ0n) is 20.6. The minimum absolute atomic E-state index is 0.0898. The number of hydrogen-bond donors (Lipinski definition) is 0. The zero-order chi connectivity index (χ0) is 26.5. The minimum Gasteiger partial charge on any atom is -0.463 e. The molecule has 0 aliphatic carbocycles. The standard InChI is InChI=1S/C26H30O10/c1-5-33-23(27)21(35-25(29)19(31-3)17-13-9-7-10-14-17)22(24(28)34-6-2)36-26(30)20(32-4)18-15-11-8-12-16-18/h7-16,19-22H,5-6H2,1-4H3/t19-,20-,21+,22+/m1/s1. The van der Waals surface area contributed by atoms with E-state index in [9.17, 15) is 19.2 Å². The Hall–Kier alpha value is -3.76. The highest BCUT2D eigenvalue weighted by Crippen LogP contribution is 2.23. The molecular formula is C26H30O10. The highest BCUT2D eigenvalue weighted by Gasteiger charge is 2.44. The van der Waals surface area contributed by atoms with Crippen molar-refractivity contribution in [2.45, 2.75) is 38.3 Å². The molecule has 0 radical (unpaired) electrons. The molecule has 0 bridgehead atoms. The first-order valence-electron chi connectivity index (χ1n) is 11.3. The molecule has 4 atom stereocenters. The van der Waals surface area contributed by atoms with Crippen LogP contribution in [0.25, 0.3) is 0 Å². The largest absolute Gasteiger partial charge is 0.463 e. The van der Waals surface area contributed by atoms with Crippen LogP contribution in [0, 0.1) is 0 Å². The quantitative estimate of drug-likeness (QED) is 0.298. The summed E-state index contributed by atoms with van der Waals surface area (Å²) < 4.78 is 31.2. The molecule has 0 N–H and O–H groups in total. The van der Waals surface area contributed by atoms with Crippen LogP contribution in [0.5, 0.6) is 0 Å². The van der Waals surface area contributed by atoms with E-state index in [1.807, 2.05) is 0 Å². The lowest BCUT2D eigenvalue weighted by atomic mass is 10.1. The number of esters is 4. The fraction of sp³-hybridized carbons (Fsp3) is 0.385. The van der Waals surface area contributed by atoms with Gasteiger partial charge in [0.2, 0.25) is 12.2 Å². The van der Waals surface area contributed by atoms with Gasteiger partial charge in [0.25, 0.3) is 0 Å². The van der Waals surface area contributed by atoms with Gasteiger partial charge in [-0.25, -0.2) is 19.2 Å². The molecule has 194 valence electrons. The number of carbonyl (C=O) groups excluding carboxylic acids is 4. The minimum atomic E-state index is -1.96. The van der Waals surface area contributed by atoms with Gasteiger partial charge in [-0.2, -0.15) is 0 Å². The van der Waals surface area contributed by atoms with Gasteiger partial charge in [0, 0.05) is 14.2 Å². The van der Waals surface area contributed by atoms with Crippen molar-refractivity contribution in [2.75, 3.05) is 27.4 Å². The van der Waals surface area contributed by atoms with Crippen molar-refractivity contribution in [3.8, 4) is 0 Å². The summed E-state index contributed by atoms with van der Waals surface area (Å²) in [4.78, 5) is 51.6. The predicted octanol–water partition coefficient (Wildman–Crippen LogP) is 2.71. The molecule has 2 aromatic carbocycles. The Morgan fingerprint density at radius 1 is 0.583 bits per heavy atom. The number of hydrogen-bond acceptors (Lipinski definition) is 10. The smallest absolute Gasteiger partial charge is 0.352 e. The van der Waals surface area contributed by atoms with E-state index >= 15 is 0 Å². The third-order valence-electron chi connectivity index (χ3n) is 4.90. The van der Waals surface area contributed by atoms with E-state index in [-0.39, 0.29) is 13.2 Å². The summed E-state index contributed by atoms with van der Waals surface area (Å²) in [6, 6.07) is 16.8. The molecule has 0 unspecified atom stereocenters. The number of carbonyl (C=O) groups is 4. The van der Waals surface area contributed by atoms with Gasteiger partial charge in [0.1, 0.15) is 0 Å². The molecule has 0 amide bonds. The Morgan fingerprint density at radius 3 is 1.19 bits per heavy atom. The average molecular weight is 503 g/mol. The number of ether oxygens (including phenoxy) is 6. The molecule has 10 nitrogen and oxygen atoms in total. The maximum atomic E-state index is 13.0.